The molecule has 1 atom stereocenters. The van der Waals surface area contributed by atoms with E-state index in [1.807, 2.05) is 12.1 Å². The Balaban J connectivity index is 2.90. The summed E-state index contributed by atoms with van der Waals surface area (Å²) in [5.41, 5.74) is 7.19. The molecule has 0 saturated carbocycles. The first-order valence-corrected chi connectivity index (χ1v) is 5.87. The molecule has 0 fully saturated rings. The van der Waals surface area contributed by atoms with Gasteiger partial charge < -0.3 is 10.8 Å². The van der Waals surface area contributed by atoms with Crippen LogP contribution in [0.2, 0.25) is 0 Å². The molecule has 1 aromatic carbocycles. The third-order valence-electron chi connectivity index (χ3n) is 2.87. The summed E-state index contributed by atoms with van der Waals surface area (Å²) in [5.74, 6) is 1.31. The number of aromatic hydroxyl groups is 1. The standard InChI is InChI=1S/C14H23NO/c1-10(2)13(9-14(3,4)15)11-5-7-12(16)8-6-11/h5-8,10,13,16H,9,15H2,1-4H3. The largest absolute Gasteiger partial charge is 0.508 e. The molecule has 3 N–H and O–H groups in total. The maximum Gasteiger partial charge on any atom is 0.115 e. The van der Waals surface area contributed by atoms with Gasteiger partial charge in [0.05, 0.1) is 0 Å². The Labute approximate surface area is 98.5 Å². The number of nitrogens with two attached hydrogens (primary N) is 1. The predicted molar refractivity (Wildman–Crippen MR) is 68.6 cm³/mol. The minimum Gasteiger partial charge on any atom is -0.508 e. The first-order valence-electron chi connectivity index (χ1n) is 5.87. The first kappa shape index (κ1) is 13.0. The highest BCUT2D eigenvalue weighted by Crippen LogP contribution is 2.32. The van der Waals surface area contributed by atoms with Gasteiger partial charge in [0.1, 0.15) is 5.75 Å². The summed E-state index contributed by atoms with van der Waals surface area (Å²) in [6, 6.07) is 7.47. The second kappa shape index (κ2) is 4.88. The average molecular weight is 221 g/mol. The maximum atomic E-state index is 9.28. The molecule has 16 heavy (non-hydrogen) atoms. The van der Waals surface area contributed by atoms with Gasteiger partial charge in [-0.1, -0.05) is 26.0 Å². The third-order valence-corrected chi connectivity index (χ3v) is 2.87. The molecule has 0 heterocycles. The summed E-state index contributed by atoms with van der Waals surface area (Å²) in [6.45, 7) is 8.54. The molecule has 0 aliphatic heterocycles. The van der Waals surface area contributed by atoms with Gasteiger partial charge in [-0.15, -0.1) is 0 Å². The van der Waals surface area contributed by atoms with Gasteiger partial charge in [-0.25, -0.2) is 0 Å². The molecule has 1 rings (SSSR count). The Bertz CT molecular complexity index is 322. The first-order chi connectivity index (χ1) is 7.29. The molecule has 2 nitrogen and oxygen atoms in total. The van der Waals surface area contributed by atoms with Crippen LogP contribution in [-0.4, -0.2) is 10.6 Å². The summed E-state index contributed by atoms with van der Waals surface area (Å²) in [7, 11) is 0. The van der Waals surface area contributed by atoms with Crippen LogP contribution in [0.4, 0.5) is 0 Å². The van der Waals surface area contributed by atoms with E-state index in [-0.39, 0.29) is 5.54 Å². The van der Waals surface area contributed by atoms with Gasteiger partial charge in [-0.05, 0) is 49.8 Å². The van der Waals surface area contributed by atoms with Crippen molar-refractivity contribution in [3.8, 4) is 5.75 Å². The van der Waals surface area contributed by atoms with Gasteiger partial charge >= 0.3 is 0 Å². The van der Waals surface area contributed by atoms with Gasteiger partial charge in [0.25, 0.3) is 0 Å². The van der Waals surface area contributed by atoms with E-state index in [1.54, 1.807) is 12.1 Å². The fraction of sp³-hybridized carbons (Fsp3) is 0.571. The van der Waals surface area contributed by atoms with Crippen molar-refractivity contribution in [2.75, 3.05) is 0 Å². The topological polar surface area (TPSA) is 46.2 Å². The molecule has 0 spiro atoms. The van der Waals surface area contributed by atoms with E-state index in [4.69, 9.17) is 5.73 Å². The lowest BCUT2D eigenvalue weighted by Crippen LogP contribution is -2.34. The van der Waals surface area contributed by atoms with Crippen molar-refractivity contribution in [3.05, 3.63) is 29.8 Å². The molecule has 1 unspecified atom stereocenters. The fourth-order valence-corrected chi connectivity index (χ4v) is 2.03. The molecule has 2 heteroatoms. The summed E-state index contributed by atoms with van der Waals surface area (Å²) < 4.78 is 0. The highest BCUT2D eigenvalue weighted by atomic mass is 16.3. The van der Waals surface area contributed by atoms with E-state index in [2.05, 4.69) is 27.7 Å². The van der Waals surface area contributed by atoms with E-state index in [1.165, 1.54) is 5.56 Å². The zero-order chi connectivity index (χ0) is 12.3. The normalized spacial score (nSPS) is 14.1. The van der Waals surface area contributed by atoms with Crippen LogP contribution in [0, 0.1) is 5.92 Å². The molecule has 0 saturated heterocycles. The van der Waals surface area contributed by atoms with Crippen LogP contribution < -0.4 is 5.73 Å². The van der Waals surface area contributed by atoms with Crippen molar-refractivity contribution in [2.24, 2.45) is 11.7 Å². The molecule has 90 valence electrons. The molecule has 0 bridgehead atoms. The molecular formula is C14H23NO. The number of hydrogen-bond donors (Lipinski definition) is 2. The highest BCUT2D eigenvalue weighted by Gasteiger charge is 2.23. The van der Waals surface area contributed by atoms with Crippen molar-refractivity contribution >= 4 is 0 Å². The summed E-state index contributed by atoms with van der Waals surface area (Å²) >= 11 is 0. The van der Waals surface area contributed by atoms with Crippen LogP contribution in [0.5, 0.6) is 5.75 Å². The van der Waals surface area contributed by atoms with Crippen molar-refractivity contribution in [2.45, 2.75) is 45.6 Å². The molecule has 0 aliphatic rings. The molecule has 1 aromatic rings. The molecule has 0 amide bonds. The van der Waals surface area contributed by atoms with Gasteiger partial charge in [0.15, 0.2) is 0 Å². The summed E-state index contributed by atoms with van der Waals surface area (Å²) in [4.78, 5) is 0. The van der Waals surface area contributed by atoms with E-state index in [0.29, 0.717) is 17.6 Å². The lowest BCUT2D eigenvalue weighted by Gasteiger charge is -2.29. The molecule has 0 aliphatic carbocycles. The Hall–Kier alpha value is -1.02. The number of hydrogen-bond acceptors (Lipinski definition) is 2. The van der Waals surface area contributed by atoms with Crippen molar-refractivity contribution in [1.29, 1.82) is 0 Å². The lowest BCUT2D eigenvalue weighted by atomic mass is 9.80. The number of rotatable bonds is 4. The maximum absolute atomic E-state index is 9.28. The smallest absolute Gasteiger partial charge is 0.115 e. The monoisotopic (exact) mass is 221 g/mol. The van der Waals surface area contributed by atoms with Crippen molar-refractivity contribution in [3.63, 3.8) is 0 Å². The zero-order valence-corrected chi connectivity index (χ0v) is 10.7. The van der Waals surface area contributed by atoms with Crippen LogP contribution in [0.3, 0.4) is 0 Å². The van der Waals surface area contributed by atoms with E-state index in [0.717, 1.165) is 6.42 Å². The molecular weight excluding hydrogens is 198 g/mol. The van der Waals surface area contributed by atoms with Gasteiger partial charge in [0, 0.05) is 5.54 Å². The summed E-state index contributed by atoms with van der Waals surface area (Å²) in [6.07, 6.45) is 0.954. The van der Waals surface area contributed by atoms with Crippen LogP contribution in [0.1, 0.15) is 45.6 Å². The minimum atomic E-state index is -0.160. The third kappa shape index (κ3) is 3.86. The fourth-order valence-electron chi connectivity index (χ4n) is 2.03. The lowest BCUT2D eigenvalue weighted by molar-refractivity contribution is 0.364. The van der Waals surface area contributed by atoms with Gasteiger partial charge in [-0.2, -0.15) is 0 Å². The van der Waals surface area contributed by atoms with Crippen LogP contribution in [0.25, 0.3) is 0 Å². The second-order valence-corrected chi connectivity index (χ2v) is 5.63. The van der Waals surface area contributed by atoms with Crippen LogP contribution in [0.15, 0.2) is 24.3 Å². The summed E-state index contributed by atoms with van der Waals surface area (Å²) in [5, 5.41) is 9.28. The van der Waals surface area contributed by atoms with Crippen LogP contribution in [-0.2, 0) is 0 Å². The molecule has 0 aromatic heterocycles. The number of phenols is 1. The Morgan fingerprint density at radius 1 is 1.19 bits per heavy atom. The second-order valence-electron chi connectivity index (χ2n) is 5.63. The average Bonchev–Trinajstić information content (AvgIpc) is 2.14. The predicted octanol–water partition coefficient (Wildman–Crippen LogP) is 3.26. The quantitative estimate of drug-likeness (QED) is 0.819. The Morgan fingerprint density at radius 2 is 1.69 bits per heavy atom. The van der Waals surface area contributed by atoms with Crippen molar-refractivity contribution < 1.29 is 5.11 Å². The Kier molecular flexibility index (Phi) is 3.98. The number of benzene rings is 1. The van der Waals surface area contributed by atoms with Gasteiger partial charge in [-0.3, -0.25) is 0 Å². The van der Waals surface area contributed by atoms with Crippen LogP contribution >= 0.6 is 0 Å². The number of phenolic OH excluding ortho intramolecular Hbond substituents is 1. The van der Waals surface area contributed by atoms with E-state index < -0.39 is 0 Å². The van der Waals surface area contributed by atoms with E-state index >= 15 is 0 Å². The minimum absolute atomic E-state index is 0.160. The van der Waals surface area contributed by atoms with E-state index in [9.17, 15) is 5.11 Å². The SMILES string of the molecule is CC(C)C(CC(C)(C)N)c1ccc(O)cc1. The zero-order valence-electron chi connectivity index (χ0n) is 10.7. The molecule has 0 radical (unpaired) electrons. The van der Waals surface area contributed by atoms with Gasteiger partial charge in [0.2, 0.25) is 0 Å². The van der Waals surface area contributed by atoms with Crippen molar-refractivity contribution in [1.82, 2.24) is 0 Å². The Morgan fingerprint density at radius 3 is 2.06 bits per heavy atom. The highest BCUT2D eigenvalue weighted by molar-refractivity contribution is 5.28.